The molecule has 0 unspecified atom stereocenters. The number of nitrogens with zero attached hydrogens (tertiary/aromatic N) is 1. The van der Waals surface area contributed by atoms with Crippen LogP contribution in [-0.4, -0.2) is 30.5 Å². The van der Waals surface area contributed by atoms with Crippen LogP contribution in [0.25, 0.3) is 0 Å². The number of hydrogen-bond donors (Lipinski definition) is 1. The highest BCUT2D eigenvalue weighted by Gasteiger charge is 2.26. The van der Waals surface area contributed by atoms with Crippen LogP contribution >= 0.6 is 0 Å². The minimum Gasteiger partial charge on any atom is -0.504 e. The number of methoxy groups -OCH3 is 1. The zero-order valence-electron chi connectivity index (χ0n) is 13.9. The van der Waals surface area contributed by atoms with Crippen molar-refractivity contribution in [2.75, 3.05) is 20.4 Å². The van der Waals surface area contributed by atoms with Crippen LogP contribution < -0.4 is 14.2 Å². The molecule has 2 aromatic rings. The highest BCUT2D eigenvalue weighted by Crippen LogP contribution is 2.38. The average molecular weight is 327 g/mol. The van der Waals surface area contributed by atoms with Gasteiger partial charge in [0, 0.05) is 19.1 Å². The van der Waals surface area contributed by atoms with Gasteiger partial charge in [-0.05, 0) is 54.3 Å². The van der Waals surface area contributed by atoms with Crippen LogP contribution in [0.2, 0.25) is 0 Å². The van der Waals surface area contributed by atoms with Gasteiger partial charge in [0.25, 0.3) is 0 Å². The number of phenolic OH excluding ortho intramolecular Hbond substituents is 1. The minimum atomic E-state index is 0.215. The van der Waals surface area contributed by atoms with Crippen molar-refractivity contribution in [3.05, 3.63) is 47.0 Å². The molecule has 0 bridgehead atoms. The summed E-state index contributed by atoms with van der Waals surface area (Å²) in [5.41, 5.74) is 3.62. The van der Waals surface area contributed by atoms with Crippen molar-refractivity contribution >= 4 is 0 Å². The molecule has 2 aromatic carbocycles. The Balaban J connectivity index is 1.57. The molecule has 0 spiro atoms. The van der Waals surface area contributed by atoms with Gasteiger partial charge in [-0.3, -0.25) is 4.90 Å². The lowest BCUT2D eigenvalue weighted by atomic mass is 9.92. The number of hydrogen-bond acceptors (Lipinski definition) is 5. The Kier molecular flexibility index (Phi) is 3.73. The Bertz CT molecular complexity index is 774. The summed E-state index contributed by atoms with van der Waals surface area (Å²) >= 11 is 0. The monoisotopic (exact) mass is 327 g/mol. The highest BCUT2D eigenvalue weighted by atomic mass is 16.7. The summed E-state index contributed by atoms with van der Waals surface area (Å²) in [6.45, 7) is 4.30. The summed E-state index contributed by atoms with van der Waals surface area (Å²) < 4.78 is 16.1. The number of benzene rings is 2. The molecule has 126 valence electrons. The van der Waals surface area contributed by atoms with Crippen LogP contribution in [0.3, 0.4) is 0 Å². The maximum Gasteiger partial charge on any atom is 0.231 e. The third-order valence-corrected chi connectivity index (χ3v) is 4.93. The molecule has 0 saturated heterocycles. The molecule has 1 N–H and O–H groups in total. The lowest BCUT2D eigenvalue weighted by Crippen LogP contribution is -2.33. The number of aromatic hydroxyl groups is 1. The molecule has 0 fully saturated rings. The first-order valence-corrected chi connectivity index (χ1v) is 8.18. The fourth-order valence-electron chi connectivity index (χ4n) is 3.54. The van der Waals surface area contributed by atoms with Gasteiger partial charge >= 0.3 is 0 Å². The predicted octanol–water partition coefficient (Wildman–Crippen LogP) is 3.25. The standard InChI is InChI=1S/C19H21NO4/c1-12-15-9-18(22-2)16(21)8-14(15)5-6-20(12)10-13-3-4-17-19(7-13)24-11-23-17/h3-4,7-9,12,21H,5-6,10-11H2,1-2H3/t12-/m1/s1. The van der Waals surface area contributed by atoms with E-state index in [9.17, 15) is 5.11 Å². The fourth-order valence-corrected chi connectivity index (χ4v) is 3.54. The van der Waals surface area contributed by atoms with Crippen LogP contribution in [0.15, 0.2) is 30.3 Å². The third-order valence-electron chi connectivity index (χ3n) is 4.93. The van der Waals surface area contributed by atoms with Crippen LogP contribution in [0.1, 0.15) is 29.7 Å². The molecule has 2 aliphatic heterocycles. The molecule has 1 atom stereocenters. The first-order chi connectivity index (χ1) is 11.7. The topological polar surface area (TPSA) is 51.2 Å². The summed E-state index contributed by atoms with van der Waals surface area (Å²) in [5, 5.41) is 9.98. The van der Waals surface area contributed by atoms with Crippen LogP contribution in [0, 0.1) is 0 Å². The van der Waals surface area contributed by atoms with E-state index in [0.717, 1.165) is 31.0 Å². The van der Waals surface area contributed by atoms with E-state index in [1.54, 1.807) is 7.11 Å². The van der Waals surface area contributed by atoms with Crippen LogP contribution in [0.5, 0.6) is 23.0 Å². The number of rotatable bonds is 3. The quantitative estimate of drug-likeness (QED) is 0.938. The molecule has 0 saturated carbocycles. The molecule has 2 heterocycles. The van der Waals surface area contributed by atoms with Gasteiger partial charge in [-0.1, -0.05) is 6.07 Å². The van der Waals surface area contributed by atoms with Gasteiger partial charge in [0.1, 0.15) is 0 Å². The summed E-state index contributed by atoms with van der Waals surface area (Å²) in [6, 6.07) is 10.2. The number of phenols is 1. The van der Waals surface area contributed by atoms with Gasteiger partial charge in [-0.25, -0.2) is 0 Å². The first-order valence-electron chi connectivity index (χ1n) is 8.18. The zero-order valence-corrected chi connectivity index (χ0v) is 13.9. The lowest BCUT2D eigenvalue weighted by Gasteiger charge is -2.35. The molecule has 5 nitrogen and oxygen atoms in total. The number of fused-ring (bicyclic) bond motifs is 2. The second kappa shape index (κ2) is 5.91. The predicted molar refractivity (Wildman–Crippen MR) is 89.8 cm³/mol. The molecule has 2 aliphatic rings. The van der Waals surface area contributed by atoms with E-state index in [1.165, 1.54) is 16.7 Å². The summed E-state index contributed by atoms with van der Waals surface area (Å²) in [7, 11) is 1.58. The molecule has 0 aliphatic carbocycles. The van der Waals surface area contributed by atoms with Gasteiger partial charge in [-0.15, -0.1) is 0 Å². The first kappa shape index (κ1) is 15.1. The largest absolute Gasteiger partial charge is 0.504 e. The van der Waals surface area contributed by atoms with E-state index in [2.05, 4.69) is 24.0 Å². The second-order valence-corrected chi connectivity index (χ2v) is 6.31. The second-order valence-electron chi connectivity index (χ2n) is 6.31. The highest BCUT2D eigenvalue weighted by molar-refractivity contribution is 5.49. The Morgan fingerprint density at radius 2 is 2.04 bits per heavy atom. The molecule has 0 radical (unpaired) electrons. The van der Waals surface area contributed by atoms with E-state index in [4.69, 9.17) is 14.2 Å². The smallest absolute Gasteiger partial charge is 0.231 e. The normalized spacial score (nSPS) is 19.2. The van der Waals surface area contributed by atoms with E-state index >= 15 is 0 Å². The van der Waals surface area contributed by atoms with Gasteiger partial charge in [0.2, 0.25) is 6.79 Å². The number of ether oxygens (including phenoxy) is 3. The fraction of sp³-hybridized carbons (Fsp3) is 0.368. The molecular weight excluding hydrogens is 306 g/mol. The van der Waals surface area contributed by atoms with Gasteiger partial charge in [0.15, 0.2) is 23.0 Å². The van der Waals surface area contributed by atoms with Gasteiger partial charge in [0.05, 0.1) is 7.11 Å². The molecule has 24 heavy (non-hydrogen) atoms. The molecular formula is C19H21NO4. The van der Waals surface area contributed by atoms with Crippen molar-refractivity contribution < 1.29 is 19.3 Å². The summed E-state index contributed by atoms with van der Waals surface area (Å²) in [4.78, 5) is 2.43. The molecule has 0 aromatic heterocycles. The van der Waals surface area contributed by atoms with Crippen molar-refractivity contribution in [1.82, 2.24) is 4.90 Å². The Hall–Kier alpha value is -2.40. The van der Waals surface area contributed by atoms with Crippen molar-refractivity contribution in [3.8, 4) is 23.0 Å². The third kappa shape index (κ3) is 2.55. The van der Waals surface area contributed by atoms with Crippen molar-refractivity contribution in [2.45, 2.75) is 25.9 Å². The Morgan fingerprint density at radius 1 is 1.21 bits per heavy atom. The summed E-state index contributed by atoms with van der Waals surface area (Å²) in [5.74, 6) is 2.39. The van der Waals surface area contributed by atoms with Crippen LogP contribution in [0.4, 0.5) is 0 Å². The maximum absolute atomic E-state index is 9.98. The molecule has 0 amide bonds. The van der Waals surface area contributed by atoms with E-state index in [1.807, 2.05) is 18.2 Å². The lowest BCUT2D eigenvalue weighted by molar-refractivity contribution is 0.173. The van der Waals surface area contributed by atoms with Crippen molar-refractivity contribution in [1.29, 1.82) is 0 Å². The Labute approximate surface area is 141 Å². The maximum atomic E-state index is 9.98. The van der Waals surface area contributed by atoms with Crippen molar-refractivity contribution in [3.63, 3.8) is 0 Å². The zero-order chi connectivity index (χ0) is 16.7. The van der Waals surface area contributed by atoms with Crippen LogP contribution in [-0.2, 0) is 13.0 Å². The van der Waals surface area contributed by atoms with E-state index < -0.39 is 0 Å². The van der Waals surface area contributed by atoms with Crippen molar-refractivity contribution in [2.24, 2.45) is 0 Å². The molecule has 5 heteroatoms. The van der Waals surface area contributed by atoms with E-state index in [-0.39, 0.29) is 11.8 Å². The van der Waals surface area contributed by atoms with Gasteiger partial charge < -0.3 is 19.3 Å². The Morgan fingerprint density at radius 3 is 2.88 bits per heavy atom. The summed E-state index contributed by atoms with van der Waals surface area (Å²) in [6.07, 6.45) is 0.918. The minimum absolute atomic E-state index is 0.215. The van der Waals surface area contributed by atoms with Gasteiger partial charge in [-0.2, -0.15) is 0 Å². The molecule has 4 rings (SSSR count). The SMILES string of the molecule is COc1cc2c(cc1O)CCN(Cc1ccc3c(c1)OCO3)[C@@H]2C. The average Bonchev–Trinajstić information content (AvgIpc) is 3.05. The van der Waals surface area contributed by atoms with E-state index in [0.29, 0.717) is 12.5 Å².